The van der Waals surface area contributed by atoms with E-state index in [1.807, 2.05) is 31.3 Å². The Morgan fingerprint density at radius 2 is 2.16 bits per heavy atom. The molecule has 1 amide bonds. The zero-order valence-corrected chi connectivity index (χ0v) is 12.0. The van der Waals surface area contributed by atoms with E-state index in [9.17, 15) is 4.79 Å². The highest BCUT2D eigenvalue weighted by molar-refractivity contribution is 5.94. The van der Waals surface area contributed by atoms with Crippen LogP contribution >= 0.6 is 12.4 Å². The van der Waals surface area contributed by atoms with Crippen LogP contribution in [-0.2, 0) is 16.1 Å². The van der Waals surface area contributed by atoms with Crippen molar-refractivity contribution >= 4 is 24.0 Å². The van der Waals surface area contributed by atoms with E-state index in [0.717, 1.165) is 37.1 Å². The number of carbonyl (C=O) groups is 1. The van der Waals surface area contributed by atoms with Crippen molar-refractivity contribution < 1.29 is 9.53 Å². The van der Waals surface area contributed by atoms with Crippen LogP contribution in [0.25, 0.3) is 0 Å². The van der Waals surface area contributed by atoms with Gasteiger partial charge in [0.1, 0.15) is 6.10 Å². The van der Waals surface area contributed by atoms with Gasteiger partial charge >= 0.3 is 0 Å². The Labute approximate surface area is 120 Å². The standard InChI is InChI=1S/C14H20N2O2.ClH/c1-15-10-11-6-2-3-7-12(11)16-14(17)13-8-4-5-9-18-13;/h2-3,6-7,13,15H,4-5,8-10H2,1H3,(H,16,17);1H. The van der Waals surface area contributed by atoms with Gasteiger partial charge in [-0.1, -0.05) is 18.2 Å². The monoisotopic (exact) mass is 284 g/mol. The maximum atomic E-state index is 12.1. The minimum absolute atomic E-state index is 0. The molecule has 2 N–H and O–H groups in total. The molecule has 0 bridgehead atoms. The first kappa shape index (κ1) is 16.0. The fraction of sp³-hybridized carbons (Fsp3) is 0.500. The van der Waals surface area contributed by atoms with Crippen molar-refractivity contribution in [2.75, 3.05) is 19.0 Å². The number of anilines is 1. The number of hydrogen-bond donors (Lipinski definition) is 2. The second kappa shape index (κ2) is 8.15. The average molecular weight is 285 g/mol. The number of hydrogen-bond acceptors (Lipinski definition) is 3. The highest BCUT2D eigenvalue weighted by Gasteiger charge is 2.22. The van der Waals surface area contributed by atoms with Crippen molar-refractivity contribution in [2.45, 2.75) is 31.9 Å². The number of carbonyl (C=O) groups excluding carboxylic acids is 1. The van der Waals surface area contributed by atoms with Crippen molar-refractivity contribution in [3.8, 4) is 0 Å². The summed E-state index contributed by atoms with van der Waals surface area (Å²) in [5.74, 6) is -0.0294. The topological polar surface area (TPSA) is 50.4 Å². The lowest BCUT2D eigenvalue weighted by atomic mass is 10.1. The van der Waals surface area contributed by atoms with Crippen LogP contribution < -0.4 is 10.6 Å². The third kappa shape index (κ3) is 4.49. The summed E-state index contributed by atoms with van der Waals surface area (Å²) in [6.07, 6.45) is 2.65. The van der Waals surface area contributed by atoms with Crippen molar-refractivity contribution in [3.05, 3.63) is 29.8 Å². The third-order valence-corrected chi connectivity index (χ3v) is 3.11. The Balaban J connectivity index is 0.00000180. The predicted octanol–water partition coefficient (Wildman–Crippen LogP) is 2.34. The molecule has 0 spiro atoms. The van der Waals surface area contributed by atoms with Gasteiger partial charge in [-0.15, -0.1) is 12.4 Å². The maximum absolute atomic E-state index is 12.1. The Morgan fingerprint density at radius 3 is 2.84 bits per heavy atom. The molecule has 0 aromatic heterocycles. The summed E-state index contributed by atoms with van der Waals surface area (Å²) in [6, 6.07) is 7.83. The first-order valence-electron chi connectivity index (χ1n) is 6.46. The molecule has 4 nitrogen and oxygen atoms in total. The van der Waals surface area contributed by atoms with E-state index >= 15 is 0 Å². The highest BCUT2D eigenvalue weighted by Crippen LogP contribution is 2.18. The third-order valence-electron chi connectivity index (χ3n) is 3.11. The van der Waals surface area contributed by atoms with Gasteiger partial charge in [-0.25, -0.2) is 0 Å². The molecule has 0 radical (unpaired) electrons. The molecule has 106 valence electrons. The molecular weight excluding hydrogens is 264 g/mol. The fourth-order valence-electron chi connectivity index (χ4n) is 2.15. The van der Waals surface area contributed by atoms with Crippen LogP contribution in [0.2, 0.25) is 0 Å². The van der Waals surface area contributed by atoms with Crippen LogP contribution in [0, 0.1) is 0 Å². The molecule has 1 aliphatic rings. The van der Waals surface area contributed by atoms with E-state index in [0.29, 0.717) is 6.61 Å². The van der Waals surface area contributed by atoms with E-state index in [1.165, 1.54) is 0 Å². The largest absolute Gasteiger partial charge is 0.368 e. The molecule has 1 aliphatic heterocycles. The molecule has 2 rings (SSSR count). The second-order valence-corrected chi connectivity index (χ2v) is 4.53. The van der Waals surface area contributed by atoms with Crippen molar-refractivity contribution in [3.63, 3.8) is 0 Å². The van der Waals surface area contributed by atoms with Crippen molar-refractivity contribution in [1.29, 1.82) is 0 Å². The lowest BCUT2D eigenvalue weighted by Crippen LogP contribution is -2.33. The lowest BCUT2D eigenvalue weighted by Gasteiger charge is -2.22. The Hall–Kier alpha value is -1.10. The summed E-state index contributed by atoms with van der Waals surface area (Å²) in [4.78, 5) is 12.1. The SMILES string of the molecule is CNCc1ccccc1NC(=O)C1CCCCO1.Cl. The van der Waals surface area contributed by atoms with Gasteiger partial charge in [0.15, 0.2) is 0 Å². The first-order valence-corrected chi connectivity index (χ1v) is 6.46. The fourth-order valence-corrected chi connectivity index (χ4v) is 2.15. The summed E-state index contributed by atoms with van der Waals surface area (Å²) < 4.78 is 5.48. The Morgan fingerprint density at radius 1 is 1.37 bits per heavy atom. The zero-order chi connectivity index (χ0) is 12.8. The number of ether oxygens (including phenoxy) is 1. The van der Waals surface area contributed by atoms with Crippen LogP contribution in [-0.4, -0.2) is 25.7 Å². The molecule has 0 saturated carbocycles. The molecule has 1 aromatic carbocycles. The van der Waals surface area contributed by atoms with Gasteiger partial charge in [0, 0.05) is 18.8 Å². The minimum atomic E-state index is -0.290. The van der Waals surface area contributed by atoms with Crippen molar-refractivity contribution in [2.24, 2.45) is 0 Å². The number of nitrogens with one attached hydrogen (secondary N) is 2. The lowest BCUT2D eigenvalue weighted by molar-refractivity contribution is -0.129. The van der Waals surface area contributed by atoms with Crippen LogP contribution in [0.3, 0.4) is 0 Å². The van der Waals surface area contributed by atoms with Gasteiger partial charge in [0.05, 0.1) is 0 Å². The quantitative estimate of drug-likeness (QED) is 0.892. The normalized spacial score (nSPS) is 18.5. The van der Waals surface area contributed by atoms with Crippen LogP contribution in [0.1, 0.15) is 24.8 Å². The van der Waals surface area contributed by atoms with Gasteiger partial charge in [0.25, 0.3) is 5.91 Å². The van der Waals surface area contributed by atoms with Gasteiger partial charge in [-0.2, -0.15) is 0 Å². The molecule has 0 aliphatic carbocycles. The predicted molar refractivity (Wildman–Crippen MR) is 78.7 cm³/mol. The van der Waals surface area contributed by atoms with Crippen LogP contribution in [0.15, 0.2) is 24.3 Å². The highest BCUT2D eigenvalue weighted by atomic mass is 35.5. The van der Waals surface area contributed by atoms with Crippen LogP contribution in [0.4, 0.5) is 5.69 Å². The van der Waals surface area contributed by atoms with Gasteiger partial charge in [-0.05, 0) is 37.9 Å². The number of halogens is 1. The van der Waals surface area contributed by atoms with E-state index in [2.05, 4.69) is 10.6 Å². The van der Waals surface area contributed by atoms with E-state index in [1.54, 1.807) is 0 Å². The molecule has 1 heterocycles. The van der Waals surface area contributed by atoms with Gasteiger partial charge in [0.2, 0.25) is 0 Å². The first-order chi connectivity index (χ1) is 8.81. The smallest absolute Gasteiger partial charge is 0.253 e. The number of para-hydroxylation sites is 1. The van der Waals surface area contributed by atoms with E-state index in [4.69, 9.17) is 4.74 Å². The summed E-state index contributed by atoms with van der Waals surface area (Å²) >= 11 is 0. The average Bonchev–Trinajstić information content (AvgIpc) is 2.42. The maximum Gasteiger partial charge on any atom is 0.253 e. The molecule has 1 fully saturated rings. The minimum Gasteiger partial charge on any atom is -0.368 e. The van der Waals surface area contributed by atoms with E-state index in [-0.39, 0.29) is 24.4 Å². The van der Waals surface area contributed by atoms with Gasteiger partial charge in [-0.3, -0.25) is 4.79 Å². The van der Waals surface area contributed by atoms with E-state index < -0.39 is 0 Å². The number of rotatable bonds is 4. The molecule has 1 saturated heterocycles. The molecule has 1 aromatic rings. The molecule has 1 atom stereocenters. The Kier molecular flexibility index (Phi) is 6.84. The number of benzene rings is 1. The summed E-state index contributed by atoms with van der Waals surface area (Å²) in [7, 11) is 1.89. The molecule has 5 heteroatoms. The summed E-state index contributed by atoms with van der Waals surface area (Å²) in [5, 5.41) is 6.06. The Bertz CT molecular complexity index is 406. The summed E-state index contributed by atoms with van der Waals surface area (Å²) in [5.41, 5.74) is 1.95. The zero-order valence-electron chi connectivity index (χ0n) is 11.1. The van der Waals surface area contributed by atoms with Crippen LogP contribution in [0.5, 0.6) is 0 Å². The summed E-state index contributed by atoms with van der Waals surface area (Å²) in [6.45, 7) is 1.43. The molecule has 1 unspecified atom stereocenters. The van der Waals surface area contributed by atoms with Gasteiger partial charge < -0.3 is 15.4 Å². The molecular formula is C14H21ClN2O2. The molecule has 19 heavy (non-hydrogen) atoms. The number of amides is 1. The van der Waals surface area contributed by atoms with Crippen molar-refractivity contribution in [1.82, 2.24) is 5.32 Å². The second-order valence-electron chi connectivity index (χ2n) is 4.53.